The molecule has 0 saturated carbocycles. The van der Waals surface area contributed by atoms with E-state index in [0.29, 0.717) is 33.2 Å². The maximum Gasteiger partial charge on any atom is 0.253 e. The van der Waals surface area contributed by atoms with Crippen molar-refractivity contribution in [1.82, 2.24) is 5.32 Å². The number of aliphatic hydroxyl groups is 1. The monoisotopic (exact) mass is 418 g/mol. The number of ether oxygens (including phenoxy) is 1. The molecule has 1 unspecified atom stereocenters. The fourth-order valence-corrected chi connectivity index (χ4v) is 3.38. The van der Waals surface area contributed by atoms with Crippen LogP contribution < -0.4 is 15.4 Å². The molecule has 1 aliphatic rings. The normalized spacial score (nSPS) is 16.1. The second kappa shape index (κ2) is 9.07. The summed E-state index contributed by atoms with van der Waals surface area (Å²) in [6, 6.07) is 9.07. The smallest absolute Gasteiger partial charge is 0.253 e. The Morgan fingerprint density at radius 1 is 1.38 bits per heavy atom. The molecule has 3 N–H and O–H groups in total. The molecule has 0 aliphatic carbocycles. The van der Waals surface area contributed by atoms with Crippen molar-refractivity contribution in [2.45, 2.75) is 19.3 Å². The Morgan fingerprint density at radius 3 is 2.90 bits per heavy atom. The molecule has 0 bridgehead atoms. The van der Waals surface area contributed by atoms with Crippen LogP contribution in [0.3, 0.4) is 0 Å². The molecule has 1 heterocycles. The van der Waals surface area contributed by atoms with Gasteiger partial charge < -0.3 is 20.5 Å². The van der Waals surface area contributed by atoms with E-state index in [4.69, 9.17) is 21.4 Å². The molecule has 6 nitrogen and oxygen atoms in total. The lowest BCUT2D eigenvalue weighted by Crippen LogP contribution is -2.32. The number of amides is 2. The fourth-order valence-electron chi connectivity index (χ4n) is 3.11. The lowest BCUT2D eigenvalue weighted by molar-refractivity contribution is -0.121. The van der Waals surface area contributed by atoms with Gasteiger partial charge in [0, 0.05) is 35.9 Å². The first-order valence-electron chi connectivity index (χ1n) is 8.99. The number of carbonyl (C=O) groups is 2. The van der Waals surface area contributed by atoms with Gasteiger partial charge in [-0.1, -0.05) is 23.7 Å². The molecule has 2 aromatic carbocycles. The van der Waals surface area contributed by atoms with Gasteiger partial charge in [0.1, 0.15) is 18.2 Å². The molecule has 0 aromatic heterocycles. The van der Waals surface area contributed by atoms with Gasteiger partial charge in [-0.05, 0) is 36.2 Å². The van der Waals surface area contributed by atoms with Crippen molar-refractivity contribution in [1.29, 1.82) is 0 Å². The van der Waals surface area contributed by atoms with E-state index >= 15 is 0 Å². The number of rotatable bonds is 6. The summed E-state index contributed by atoms with van der Waals surface area (Å²) >= 11 is 6.14. The predicted molar refractivity (Wildman–Crippen MR) is 107 cm³/mol. The summed E-state index contributed by atoms with van der Waals surface area (Å²) in [5.41, 5.74) is 2.04. The molecule has 1 aliphatic heterocycles. The number of hydrogen-bond donors (Lipinski definition) is 3. The predicted octanol–water partition coefficient (Wildman–Crippen LogP) is 3.28. The number of aliphatic hydroxyl groups excluding tert-OH is 1. The van der Waals surface area contributed by atoms with Gasteiger partial charge in [-0.3, -0.25) is 9.59 Å². The minimum absolute atomic E-state index is 0.0349. The van der Waals surface area contributed by atoms with Crippen LogP contribution in [0.2, 0.25) is 5.02 Å². The highest BCUT2D eigenvalue weighted by atomic mass is 35.5. The van der Waals surface area contributed by atoms with Gasteiger partial charge in [0.15, 0.2) is 0 Å². The average molecular weight is 419 g/mol. The number of nitrogens with one attached hydrogen (secondary N) is 2. The molecule has 152 valence electrons. The zero-order valence-corrected chi connectivity index (χ0v) is 16.4. The van der Waals surface area contributed by atoms with Crippen LogP contribution in [0.25, 0.3) is 0 Å². The van der Waals surface area contributed by atoms with Crippen LogP contribution in [0.5, 0.6) is 5.75 Å². The summed E-state index contributed by atoms with van der Waals surface area (Å²) in [6.45, 7) is 1.67. The van der Waals surface area contributed by atoms with Crippen molar-refractivity contribution in [3.63, 3.8) is 0 Å². The standard InChI is InChI=1S/C21H20ClFN2O4/c1-12-7-17(22)19(29-6-5-26)10-18(12)25-21(28)16-11-24-20(27)9-15(16)13-3-2-4-14(23)8-13/h2-4,7-8,10-11,15,26H,5-6,9H2,1H3,(H,24,27)(H,25,28). The van der Waals surface area contributed by atoms with E-state index in [2.05, 4.69) is 10.6 Å². The molecule has 3 rings (SSSR count). The third kappa shape index (κ3) is 4.93. The number of aryl methyl sites for hydroxylation is 1. The summed E-state index contributed by atoms with van der Waals surface area (Å²) in [5, 5.41) is 14.6. The largest absolute Gasteiger partial charge is 0.490 e. The third-order valence-electron chi connectivity index (χ3n) is 4.54. The van der Waals surface area contributed by atoms with Gasteiger partial charge in [0.05, 0.1) is 11.6 Å². The minimum Gasteiger partial charge on any atom is -0.490 e. The quantitative estimate of drug-likeness (QED) is 0.671. The van der Waals surface area contributed by atoms with E-state index in [1.54, 1.807) is 31.2 Å². The lowest BCUT2D eigenvalue weighted by atomic mass is 9.86. The first-order chi connectivity index (χ1) is 13.9. The van der Waals surface area contributed by atoms with Gasteiger partial charge in [-0.2, -0.15) is 0 Å². The Kier molecular flexibility index (Phi) is 6.51. The number of halogens is 2. The highest BCUT2D eigenvalue weighted by Crippen LogP contribution is 2.34. The Bertz CT molecular complexity index is 977. The van der Waals surface area contributed by atoms with Crippen LogP contribution in [-0.2, 0) is 9.59 Å². The summed E-state index contributed by atoms with van der Waals surface area (Å²) < 4.78 is 19.0. The van der Waals surface area contributed by atoms with E-state index in [0.717, 1.165) is 0 Å². The summed E-state index contributed by atoms with van der Waals surface area (Å²) in [4.78, 5) is 24.8. The summed E-state index contributed by atoms with van der Waals surface area (Å²) in [7, 11) is 0. The zero-order chi connectivity index (χ0) is 21.0. The highest BCUT2D eigenvalue weighted by molar-refractivity contribution is 6.32. The van der Waals surface area contributed by atoms with E-state index in [1.165, 1.54) is 18.3 Å². The van der Waals surface area contributed by atoms with Crippen molar-refractivity contribution in [2.75, 3.05) is 18.5 Å². The van der Waals surface area contributed by atoms with Crippen LogP contribution in [0.15, 0.2) is 48.2 Å². The van der Waals surface area contributed by atoms with Crippen molar-refractivity contribution in [3.05, 3.63) is 70.1 Å². The van der Waals surface area contributed by atoms with E-state index < -0.39 is 17.6 Å². The zero-order valence-electron chi connectivity index (χ0n) is 15.7. The molecule has 0 saturated heterocycles. The topological polar surface area (TPSA) is 87.7 Å². The van der Waals surface area contributed by atoms with Crippen molar-refractivity contribution >= 4 is 29.1 Å². The molecule has 8 heteroatoms. The minimum atomic E-state index is -0.572. The Labute approximate surface area is 172 Å². The van der Waals surface area contributed by atoms with Crippen molar-refractivity contribution in [2.24, 2.45) is 0 Å². The summed E-state index contributed by atoms with van der Waals surface area (Å²) in [6.07, 6.45) is 1.39. The van der Waals surface area contributed by atoms with E-state index in [-0.39, 0.29) is 25.5 Å². The molecule has 0 radical (unpaired) electrons. The Balaban J connectivity index is 1.88. The van der Waals surface area contributed by atoms with Crippen LogP contribution >= 0.6 is 11.6 Å². The first kappa shape index (κ1) is 20.8. The summed E-state index contributed by atoms with van der Waals surface area (Å²) in [5.74, 6) is -1.37. The van der Waals surface area contributed by atoms with Gasteiger partial charge in [0.25, 0.3) is 5.91 Å². The molecular formula is C21H20ClFN2O4. The lowest BCUT2D eigenvalue weighted by Gasteiger charge is -2.24. The van der Waals surface area contributed by atoms with Gasteiger partial charge in [-0.15, -0.1) is 0 Å². The van der Waals surface area contributed by atoms with Crippen molar-refractivity contribution in [3.8, 4) is 5.75 Å². The Hall–Kier alpha value is -2.90. The second-order valence-corrected chi connectivity index (χ2v) is 7.01. The van der Waals surface area contributed by atoms with Crippen LogP contribution in [0, 0.1) is 12.7 Å². The number of anilines is 1. The van der Waals surface area contributed by atoms with Gasteiger partial charge >= 0.3 is 0 Å². The third-order valence-corrected chi connectivity index (χ3v) is 4.84. The van der Waals surface area contributed by atoms with E-state index in [9.17, 15) is 14.0 Å². The molecule has 1 atom stereocenters. The van der Waals surface area contributed by atoms with Crippen LogP contribution in [0.1, 0.15) is 23.5 Å². The number of benzene rings is 2. The maximum atomic E-state index is 13.7. The SMILES string of the molecule is Cc1cc(Cl)c(OCCO)cc1NC(=O)C1=CNC(=O)CC1c1cccc(F)c1. The fraction of sp³-hybridized carbons (Fsp3) is 0.238. The number of carbonyl (C=O) groups excluding carboxylic acids is 2. The molecule has 0 fully saturated rings. The maximum absolute atomic E-state index is 13.7. The van der Waals surface area contributed by atoms with E-state index in [1.807, 2.05) is 0 Å². The average Bonchev–Trinajstić information content (AvgIpc) is 2.69. The van der Waals surface area contributed by atoms with Crippen LogP contribution in [0.4, 0.5) is 10.1 Å². The molecule has 29 heavy (non-hydrogen) atoms. The van der Waals surface area contributed by atoms with Crippen LogP contribution in [-0.4, -0.2) is 30.1 Å². The molecule has 2 aromatic rings. The second-order valence-electron chi connectivity index (χ2n) is 6.60. The highest BCUT2D eigenvalue weighted by Gasteiger charge is 2.29. The number of hydrogen-bond acceptors (Lipinski definition) is 4. The Morgan fingerprint density at radius 2 is 2.17 bits per heavy atom. The molecular weight excluding hydrogens is 399 g/mol. The molecule has 2 amide bonds. The molecule has 0 spiro atoms. The first-order valence-corrected chi connectivity index (χ1v) is 9.37. The van der Waals surface area contributed by atoms with Gasteiger partial charge in [0.2, 0.25) is 5.91 Å². The van der Waals surface area contributed by atoms with Crippen molar-refractivity contribution < 1.29 is 23.8 Å². The van der Waals surface area contributed by atoms with Gasteiger partial charge in [-0.25, -0.2) is 4.39 Å².